The molecule has 1 aliphatic rings. The number of methoxy groups -OCH3 is 1. The van der Waals surface area contributed by atoms with Crippen LogP contribution in [0.25, 0.3) is 0 Å². The van der Waals surface area contributed by atoms with E-state index in [4.69, 9.17) is 0 Å². The second kappa shape index (κ2) is 3.74. The minimum absolute atomic E-state index is 0.216. The molecule has 1 rings (SSSR count). The van der Waals surface area contributed by atoms with Crippen molar-refractivity contribution in [2.45, 2.75) is 26.7 Å². The second-order valence-electron chi connectivity index (χ2n) is 3.74. The minimum atomic E-state index is -0.216. The number of allylic oxidation sites excluding steroid dienone is 1. The van der Waals surface area contributed by atoms with Crippen LogP contribution in [-0.4, -0.2) is 13.1 Å². The lowest BCUT2D eigenvalue weighted by Gasteiger charge is -2.32. The van der Waals surface area contributed by atoms with Gasteiger partial charge in [-0.3, -0.25) is 0 Å². The quantitative estimate of drug-likeness (QED) is 0.466. The van der Waals surface area contributed by atoms with Crippen molar-refractivity contribution >= 4 is 5.97 Å². The van der Waals surface area contributed by atoms with Crippen LogP contribution in [0.15, 0.2) is 11.6 Å². The van der Waals surface area contributed by atoms with Gasteiger partial charge in [0.15, 0.2) is 0 Å². The maximum atomic E-state index is 10.8. The van der Waals surface area contributed by atoms with Gasteiger partial charge in [-0.05, 0) is 24.7 Å². The molecule has 68 valence electrons. The van der Waals surface area contributed by atoms with E-state index in [0.717, 1.165) is 24.7 Å². The van der Waals surface area contributed by atoms with Crippen molar-refractivity contribution in [3.63, 3.8) is 0 Å². The number of hydrogen-bond donors (Lipinski definition) is 0. The van der Waals surface area contributed by atoms with Crippen LogP contribution in [0, 0.1) is 11.8 Å². The Morgan fingerprint density at radius 2 is 2.17 bits per heavy atom. The van der Waals surface area contributed by atoms with Crippen molar-refractivity contribution in [1.29, 1.82) is 0 Å². The molecule has 0 N–H and O–H groups in total. The summed E-state index contributed by atoms with van der Waals surface area (Å²) in [7, 11) is 1.41. The van der Waals surface area contributed by atoms with Crippen LogP contribution in [0.3, 0.4) is 0 Å². The zero-order valence-electron chi connectivity index (χ0n) is 7.96. The van der Waals surface area contributed by atoms with Gasteiger partial charge < -0.3 is 4.74 Å². The third-order valence-corrected chi connectivity index (χ3v) is 2.51. The van der Waals surface area contributed by atoms with E-state index in [-0.39, 0.29) is 5.97 Å². The Labute approximate surface area is 73.6 Å². The highest BCUT2D eigenvalue weighted by molar-refractivity contribution is 5.82. The number of carbonyl (C=O) groups excluding carboxylic acids is 1. The van der Waals surface area contributed by atoms with E-state index < -0.39 is 0 Å². The van der Waals surface area contributed by atoms with Crippen LogP contribution in [0.4, 0.5) is 0 Å². The molecule has 0 aromatic rings. The lowest BCUT2D eigenvalue weighted by atomic mass is 9.73. The molecule has 1 saturated carbocycles. The first-order valence-corrected chi connectivity index (χ1v) is 4.41. The molecule has 0 heterocycles. The molecule has 0 aromatic carbocycles. The van der Waals surface area contributed by atoms with Gasteiger partial charge in [-0.15, -0.1) is 0 Å². The Kier molecular flexibility index (Phi) is 2.90. The fourth-order valence-electron chi connectivity index (χ4n) is 1.43. The lowest BCUT2D eigenvalue weighted by Crippen LogP contribution is -2.21. The summed E-state index contributed by atoms with van der Waals surface area (Å²) in [5, 5.41) is 0. The summed E-state index contributed by atoms with van der Waals surface area (Å²) in [6, 6.07) is 0. The molecule has 0 amide bonds. The SMILES string of the molecule is COC(=O)C=C1CC(C(C)C)C1. The van der Waals surface area contributed by atoms with Crippen molar-refractivity contribution in [3.8, 4) is 0 Å². The number of esters is 1. The van der Waals surface area contributed by atoms with Crippen LogP contribution in [0.1, 0.15) is 26.7 Å². The van der Waals surface area contributed by atoms with Gasteiger partial charge in [-0.25, -0.2) is 4.79 Å². The summed E-state index contributed by atoms with van der Waals surface area (Å²) >= 11 is 0. The molecule has 0 saturated heterocycles. The molecule has 0 bridgehead atoms. The summed E-state index contributed by atoms with van der Waals surface area (Å²) in [6.45, 7) is 4.44. The van der Waals surface area contributed by atoms with E-state index >= 15 is 0 Å². The average Bonchev–Trinajstić information content (AvgIpc) is 1.94. The van der Waals surface area contributed by atoms with Gasteiger partial charge >= 0.3 is 5.97 Å². The molecule has 0 atom stereocenters. The highest BCUT2D eigenvalue weighted by Crippen LogP contribution is 2.37. The highest BCUT2D eigenvalue weighted by atomic mass is 16.5. The zero-order valence-corrected chi connectivity index (χ0v) is 7.96. The van der Waals surface area contributed by atoms with Gasteiger partial charge in [-0.1, -0.05) is 19.4 Å². The molecule has 0 spiro atoms. The number of ether oxygens (including phenoxy) is 1. The van der Waals surface area contributed by atoms with E-state index in [1.165, 1.54) is 12.7 Å². The first-order chi connectivity index (χ1) is 5.63. The molecule has 0 unspecified atom stereocenters. The third kappa shape index (κ3) is 2.10. The molecular weight excluding hydrogens is 152 g/mol. The lowest BCUT2D eigenvalue weighted by molar-refractivity contribution is -0.134. The van der Waals surface area contributed by atoms with Gasteiger partial charge in [0.25, 0.3) is 0 Å². The van der Waals surface area contributed by atoms with E-state index in [9.17, 15) is 4.79 Å². The summed E-state index contributed by atoms with van der Waals surface area (Å²) in [5.41, 5.74) is 1.24. The van der Waals surface area contributed by atoms with Crippen LogP contribution < -0.4 is 0 Å². The van der Waals surface area contributed by atoms with Gasteiger partial charge in [0.1, 0.15) is 0 Å². The highest BCUT2D eigenvalue weighted by Gasteiger charge is 2.26. The maximum Gasteiger partial charge on any atom is 0.330 e. The largest absolute Gasteiger partial charge is 0.466 e. The maximum absolute atomic E-state index is 10.8. The van der Waals surface area contributed by atoms with Gasteiger partial charge in [0, 0.05) is 6.08 Å². The Balaban J connectivity index is 2.33. The molecule has 1 aliphatic carbocycles. The standard InChI is InChI=1S/C10H16O2/c1-7(2)9-4-8(5-9)6-10(11)12-3/h6-7,9H,4-5H2,1-3H3. The van der Waals surface area contributed by atoms with Crippen LogP contribution >= 0.6 is 0 Å². The van der Waals surface area contributed by atoms with Gasteiger partial charge in [0.2, 0.25) is 0 Å². The number of rotatable bonds is 2. The van der Waals surface area contributed by atoms with Crippen molar-refractivity contribution in [2.24, 2.45) is 11.8 Å². The summed E-state index contributed by atoms with van der Waals surface area (Å²) in [4.78, 5) is 10.8. The zero-order chi connectivity index (χ0) is 9.14. The molecule has 2 nitrogen and oxygen atoms in total. The summed E-state index contributed by atoms with van der Waals surface area (Å²) < 4.78 is 4.54. The second-order valence-corrected chi connectivity index (χ2v) is 3.74. The van der Waals surface area contributed by atoms with Crippen LogP contribution in [0.2, 0.25) is 0 Å². The number of hydrogen-bond acceptors (Lipinski definition) is 2. The Hall–Kier alpha value is -0.790. The average molecular weight is 168 g/mol. The molecular formula is C10H16O2. The van der Waals surface area contributed by atoms with Crippen molar-refractivity contribution in [3.05, 3.63) is 11.6 Å². The predicted octanol–water partition coefficient (Wildman–Crippen LogP) is 2.15. The van der Waals surface area contributed by atoms with Crippen molar-refractivity contribution in [2.75, 3.05) is 7.11 Å². The molecule has 1 fully saturated rings. The Bertz CT molecular complexity index is 196. The topological polar surface area (TPSA) is 26.3 Å². The van der Waals surface area contributed by atoms with E-state index in [2.05, 4.69) is 18.6 Å². The third-order valence-electron chi connectivity index (χ3n) is 2.51. The molecule has 0 radical (unpaired) electrons. The molecule has 12 heavy (non-hydrogen) atoms. The fraction of sp³-hybridized carbons (Fsp3) is 0.700. The summed E-state index contributed by atoms with van der Waals surface area (Å²) in [6.07, 6.45) is 3.78. The van der Waals surface area contributed by atoms with Gasteiger partial charge in [-0.2, -0.15) is 0 Å². The van der Waals surface area contributed by atoms with Crippen molar-refractivity contribution < 1.29 is 9.53 Å². The Morgan fingerprint density at radius 1 is 1.58 bits per heavy atom. The number of carbonyl (C=O) groups is 1. The normalized spacial score (nSPS) is 22.0. The van der Waals surface area contributed by atoms with Crippen LogP contribution in [0.5, 0.6) is 0 Å². The fourth-order valence-corrected chi connectivity index (χ4v) is 1.43. The first kappa shape index (κ1) is 9.30. The molecule has 0 aromatic heterocycles. The smallest absolute Gasteiger partial charge is 0.330 e. The minimum Gasteiger partial charge on any atom is -0.466 e. The van der Waals surface area contributed by atoms with E-state index in [1.807, 2.05) is 0 Å². The Morgan fingerprint density at radius 3 is 2.58 bits per heavy atom. The summed E-state index contributed by atoms with van der Waals surface area (Å²) in [5.74, 6) is 1.30. The van der Waals surface area contributed by atoms with Gasteiger partial charge in [0.05, 0.1) is 7.11 Å². The molecule has 0 aliphatic heterocycles. The van der Waals surface area contributed by atoms with Crippen LogP contribution in [-0.2, 0) is 9.53 Å². The predicted molar refractivity (Wildman–Crippen MR) is 47.7 cm³/mol. The first-order valence-electron chi connectivity index (χ1n) is 4.41. The van der Waals surface area contributed by atoms with E-state index in [1.54, 1.807) is 6.08 Å². The monoisotopic (exact) mass is 168 g/mol. The molecule has 2 heteroatoms. The van der Waals surface area contributed by atoms with Crippen molar-refractivity contribution in [1.82, 2.24) is 0 Å². The van der Waals surface area contributed by atoms with E-state index in [0.29, 0.717) is 0 Å².